The molecule has 7 rings (SSSR count). The van der Waals surface area contributed by atoms with Crippen molar-refractivity contribution in [1.29, 1.82) is 0 Å². The third-order valence-corrected chi connectivity index (χ3v) is 14.5. The molecule has 12 atom stereocenters. The van der Waals surface area contributed by atoms with Gasteiger partial charge in [0, 0.05) is 12.8 Å². The Kier molecular flexibility index (Phi) is 9.50. The smallest absolute Gasteiger partial charge is 0.311 e. The summed E-state index contributed by atoms with van der Waals surface area (Å²) in [5.41, 5.74) is 1.24. The molecule has 7 aliphatic heterocycles. The van der Waals surface area contributed by atoms with Crippen molar-refractivity contribution in [3.63, 3.8) is 0 Å². The lowest BCUT2D eigenvalue weighted by molar-refractivity contribution is -0.174. The number of aliphatic hydroxyl groups excluding tert-OH is 2. The van der Waals surface area contributed by atoms with Crippen LogP contribution in [0.4, 0.5) is 0 Å². The van der Waals surface area contributed by atoms with Gasteiger partial charge in [-0.3, -0.25) is 19.2 Å². The second-order valence-corrected chi connectivity index (χ2v) is 16.5. The van der Waals surface area contributed by atoms with E-state index < -0.39 is 70.0 Å². The number of ether oxygens (including phenoxy) is 4. The highest BCUT2D eigenvalue weighted by Crippen LogP contribution is 2.69. The fourth-order valence-corrected chi connectivity index (χ4v) is 11.2. The quantitative estimate of drug-likeness (QED) is 0.252. The first-order chi connectivity index (χ1) is 22.8. The number of nitrogens with zero attached hydrogens (tertiary/aromatic N) is 2. The normalized spacial score (nSPS) is 35.2. The summed E-state index contributed by atoms with van der Waals surface area (Å²) in [7, 11) is 2.61. The molecule has 0 aromatic rings. The van der Waals surface area contributed by atoms with Gasteiger partial charge in [0.25, 0.3) is 11.8 Å². The monoisotopic (exact) mass is 704 g/mol. The maximum Gasteiger partial charge on any atom is 0.311 e. The van der Waals surface area contributed by atoms with Crippen molar-refractivity contribution in [3.05, 3.63) is 48.3 Å². The van der Waals surface area contributed by atoms with Crippen molar-refractivity contribution in [2.24, 2.45) is 23.7 Å². The number of piperazine rings is 1. The van der Waals surface area contributed by atoms with Crippen molar-refractivity contribution in [2.45, 2.75) is 113 Å². The number of hydrogen-bond donors (Lipinski definition) is 2. The van der Waals surface area contributed by atoms with Gasteiger partial charge in [-0.05, 0) is 49.0 Å². The highest BCUT2D eigenvalue weighted by molar-refractivity contribution is 8.78. The highest BCUT2D eigenvalue weighted by atomic mass is 33.1. The van der Waals surface area contributed by atoms with Crippen LogP contribution in [0.5, 0.6) is 0 Å². The Morgan fingerprint density at radius 3 is 1.52 bits per heavy atom. The van der Waals surface area contributed by atoms with E-state index in [2.05, 4.69) is 0 Å². The van der Waals surface area contributed by atoms with Crippen LogP contribution in [0.3, 0.4) is 0 Å². The van der Waals surface area contributed by atoms with Crippen LogP contribution in [0.2, 0.25) is 0 Å². The van der Waals surface area contributed by atoms with Crippen LogP contribution in [-0.4, -0.2) is 90.0 Å². The summed E-state index contributed by atoms with van der Waals surface area (Å²) in [6.45, 7) is 10.8. The average molecular weight is 705 g/mol. The predicted octanol–water partition coefficient (Wildman–Crippen LogP) is 3.75. The third kappa shape index (κ3) is 5.28. The fraction of sp³-hybridized carbons (Fsp3) is 0.647. The van der Waals surface area contributed by atoms with Crippen LogP contribution in [0.25, 0.3) is 0 Å². The van der Waals surface area contributed by atoms with E-state index >= 15 is 0 Å². The van der Waals surface area contributed by atoms with Gasteiger partial charge >= 0.3 is 11.9 Å². The Balaban J connectivity index is 1.31. The molecule has 14 heteroatoms. The minimum absolute atomic E-state index is 0.124. The van der Waals surface area contributed by atoms with Crippen LogP contribution in [-0.2, 0) is 38.1 Å². The molecule has 0 saturated carbocycles. The number of fused-ring (bicyclic) bond motifs is 3. The summed E-state index contributed by atoms with van der Waals surface area (Å²) in [5.74, 6) is -3.76. The van der Waals surface area contributed by atoms with E-state index in [4.69, 9.17) is 18.9 Å². The van der Waals surface area contributed by atoms with Crippen LogP contribution < -0.4 is 0 Å². The van der Waals surface area contributed by atoms with E-state index in [-0.39, 0.29) is 36.5 Å². The molecule has 2 amide bonds. The predicted molar refractivity (Wildman–Crippen MR) is 177 cm³/mol. The van der Waals surface area contributed by atoms with Crippen LogP contribution in [0.1, 0.15) is 67.2 Å². The first-order valence-corrected chi connectivity index (χ1v) is 18.8. The standard InChI is InChI=1S/C34H44N2O10S2/c1-7-17(3)27(37)19(5)29(39)45-23-9-11-43-15-21-13-33-32(42)36-26-22(14-34(36,48-47-33)31(41)35(33)25(21)23)16-44-12-10-24(26)46-30(40)20(6)28(38)18(4)8-2/h9-12,15-20,23-28,37-38H,7-8,13-14H2,1-6H3/t17?,18?,19?,20?,23-,24-,25-,26-,27?,28?,33+,34?/m0/s1. The van der Waals surface area contributed by atoms with Gasteiger partial charge in [-0.25, -0.2) is 0 Å². The number of rotatable bonds is 10. The zero-order chi connectivity index (χ0) is 34.7. The van der Waals surface area contributed by atoms with Gasteiger partial charge in [-0.2, -0.15) is 0 Å². The van der Waals surface area contributed by atoms with Crippen LogP contribution in [0.15, 0.2) is 48.3 Å². The summed E-state index contributed by atoms with van der Waals surface area (Å²) < 4.78 is 23.2. The summed E-state index contributed by atoms with van der Waals surface area (Å²) in [6, 6.07) is -1.62. The maximum atomic E-state index is 14.8. The SMILES string of the molecule is CCC(C)C(O)C(C)C(=O)O[C@H]1C=COC=C2CC34SS[C@]5(CC6=COC=C[C@H](OC(=O)C(C)C(O)C(C)CC)[C@H]6N5C3=O)C(=O)N4[C@@H]21. The Hall–Kier alpha value is -2.94. The first-order valence-electron chi connectivity index (χ1n) is 16.7. The largest absolute Gasteiger partial charge is 0.473 e. The van der Waals surface area contributed by atoms with E-state index in [1.165, 1.54) is 46.6 Å². The van der Waals surface area contributed by atoms with Gasteiger partial charge in [0.1, 0.15) is 12.2 Å². The van der Waals surface area contributed by atoms with E-state index in [0.717, 1.165) is 0 Å². The summed E-state index contributed by atoms with van der Waals surface area (Å²) in [5, 5.41) is 21.5. The highest BCUT2D eigenvalue weighted by Gasteiger charge is 2.78. The molecule has 12 nitrogen and oxygen atoms in total. The molecule has 0 aliphatic carbocycles. The lowest BCUT2D eigenvalue weighted by atomic mass is 9.91. The topological polar surface area (TPSA) is 152 Å². The molecule has 2 spiro atoms. The molecule has 0 radical (unpaired) electrons. The number of hydrogen-bond acceptors (Lipinski definition) is 12. The molecule has 262 valence electrons. The van der Waals surface area contributed by atoms with Crippen LogP contribution >= 0.6 is 21.6 Å². The molecule has 5 saturated heterocycles. The first kappa shape index (κ1) is 34.9. The van der Waals surface area contributed by atoms with Gasteiger partial charge in [0.2, 0.25) is 0 Å². The minimum atomic E-state index is -1.37. The van der Waals surface area contributed by atoms with Crippen LogP contribution in [0, 0.1) is 23.7 Å². The van der Waals surface area contributed by atoms with Crippen molar-refractivity contribution in [3.8, 4) is 0 Å². The molecule has 7 heterocycles. The molecule has 7 unspecified atom stereocenters. The molecule has 5 fully saturated rings. The Bertz CT molecular complexity index is 1370. The van der Waals surface area contributed by atoms with Gasteiger partial charge in [-0.1, -0.05) is 62.1 Å². The van der Waals surface area contributed by atoms with Gasteiger partial charge < -0.3 is 39.0 Å². The van der Waals surface area contributed by atoms with Gasteiger partial charge in [0.15, 0.2) is 9.74 Å². The zero-order valence-corrected chi connectivity index (χ0v) is 29.6. The second kappa shape index (κ2) is 13.1. The Morgan fingerprint density at radius 1 is 0.792 bits per heavy atom. The lowest BCUT2D eigenvalue weighted by Crippen LogP contribution is -2.77. The van der Waals surface area contributed by atoms with Crippen molar-refractivity contribution in [2.75, 3.05) is 0 Å². The molecule has 2 N–H and O–H groups in total. The minimum Gasteiger partial charge on any atom is -0.473 e. The Labute approximate surface area is 288 Å². The number of carbonyl (C=O) groups is 4. The maximum absolute atomic E-state index is 14.8. The number of carbonyl (C=O) groups excluding carboxylic acids is 4. The van der Waals surface area contributed by atoms with Crippen molar-refractivity contribution in [1.82, 2.24) is 9.80 Å². The lowest BCUT2D eigenvalue weighted by Gasteiger charge is -2.58. The molecule has 7 aliphatic rings. The van der Waals surface area contributed by atoms with E-state index in [9.17, 15) is 29.4 Å². The van der Waals surface area contributed by atoms with E-state index in [0.29, 0.717) is 24.0 Å². The molecular formula is C34H44N2O10S2. The van der Waals surface area contributed by atoms with Crippen molar-refractivity contribution >= 4 is 45.3 Å². The molecular weight excluding hydrogens is 661 g/mol. The average Bonchev–Trinajstić information content (AvgIpc) is 3.45. The zero-order valence-electron chi connectivity index (χ0n) is 27.9. The van der Waals surface area contributed by atoms with Crippen molar-refractivity contribution < 1.29 is 48.3 Å². The molecule has 2 bridgehead atoms. The molecule has 0 aromatic heterocycles. The number of aliphatic hydroxyl groups is 2. The second-order valence-electron chi connectivity index (χ2n) is 13.8. The summed E-state index contributed by atoms with van der Waals surface area (Å²) in [6.07, 6.45) is 6.80. The van der Waals surface area contributed by atoms with Gasteiger partial charge in [0.05, 0.1) is 61.2 Å². The summed E-state index contributed by atoms with van der Waals surface area (Å²) >= 11 is 0. The van der Waals surface area contributed by atoms with E-state index in [1.54, 1.807) is 35.8 Å². The number of amides is 2. The molecule has 48 heavy (non-hydrogen) atoms. The summed E-state index contributed by atoms with van der Waals surface area (Å²) in [4.78, 5) is 56.7. The number of esters is 2. The molecule has 0 aromatic carbocycles. The Morgan fingerprint density at radius 2 is 1.17 bits per heavy atom. The third-order valence-electron chi connectivity index (χ3n) is 10.9. The van der Waals surface area contributed by atoms with E-state index in [1.807, 2.05) is 27.7 Å². The fourth-order valence-electron chi connectivity index (χ4n) is 7.46. The van der Waals surface area contributed by atoms with Gasteiger partial charge in [-0.15, -0.1) is 0 Å².